The summed E-state index contributed by atoms with van der Waals surface area (Å²) in [6.07, 6.45) is 4.87. The highest BCUT2D eigenvalue weighted by atomic mass is 127. The van der Waals surface area contributed by atoms with Crippen LogP contribution >= 0.6 is 24.0 Å². The van der Waals surface area contributed by atoms with Crippen molar-refractivity contribution in [3.63, 3.8) is 0 Å². The molecule has 0 aliphatic carbocycles. The van der Waals surface area contributed by atoms with Crippen molar-refractivity contribution in [2.24, 2.45) is 4.99 Å². The number of nitrogens with zero attached hydrogens (tertiary/aromatic N) is 5. The first kappa shape index (κ1) is 20.4. The zero-order chi connectivity index (χ0) is 17.5. The van der Waals surface area contributed by atoms with E-state index in [0.717, 1.165) is 50.4 Å². The van der Waals surface area contributed by atoms with Gasteiger partial charge in [-0.1, -0.05) is 6.07 Å². The van der Waals surface area contributed by atoms with Crippen LogP contribution < -0.4 is 10.6 Å². The molecule has 0 radical (unpaired) electrons. The number of nitrogens with one attached hydrogen (secondary N) is 2. The number of rotatable bonds is 6. The standard InChI is InChI=1S/C17H25N7O.HI/c1-2-18-17(20-13-16(25)23-10-5-6-11-23)19-9-8-15-22-21-14-7-3-4-12-24(14)15;/h3-4,7,12H,2,5-6,8-11,13H2,1H3,(H2,18,19,20);1H. The number of hydrogen-bond donors (Lipinski definition) is 2. The number of guanidine groups is 1. The predicted molar refractivity (Wildman–Crippen MR) is 112 cm³/mol. The zero-order valence-corrected chi connectivity index (χ0v) is 17.3. The first-order valence-corrected chi connectivity index (χ1v) is 8.86. The van der Waals surface area contributed by atoms with Gasteiger partial charge >= 0.3 is 0 Å². The number of halogens is 1. The van der Waals surface area contributed by atoms with Crippen LogP contribution in [0.5, 0.6) is 0 Å². The van der Waals surface area contributed by atoms with Gasteiger partial charge in [0.05, 0.1) is 0 Å². The minimum absolute atomic E-state index is 0. The van der Waals surface area contributed by atoms with E-state index in [-0.39, 0.29) is 36.4 Å². The number of pyridine rings is 1. The minimum atomic E-state index is 0. The molecule has 0 bridgehead atoms. The number of amides is 1. The van der Waals surface area contributed by atoms with E-state index in [1.165, 1.54) is 0 Å². The monoisotopic (exact) mass is 471 g/mol. The molecule has 142 valence electrons. The smallest absolute Gasteiger partial charge is 0.244 e. The molecule has 0 atom stereocenters. The van der Waals surface area contributed by atoms with Crippen molar-refractivity contribution in [2.45, 2.75) is 26.2 Å². The lowest BCUT2D eigenvalue weighted by molar-refractivity contribution is -0.128. The molecule has 1 saturated heterocycles. The van der Waals surface area contributed by atoms with Gasteiger partial charge in [-0.2, -0.15) is 0 Å². The van der Waals surface area contributed by atoms with Gasteiger partial charge in [0, 0.05) is 38.8 Å². The molecule has 1 amide bonds. The number of carbonyl (C=O) groups excluding carboxylic acids is 1. The van der Waals surface area contributed by atoms with Gasteiger partial charge in [-0.25, -0.2) is 4.99 Å². The quantitative estimate of drug-likeness (QED) is 0.374. The largest absolute Gasteiger partial charge is 0.357 e. The van der Waals surface area contributed by atoms with E-state index in [2.05, 4.69) is 25.8 Å². The highest BCUT2D eigenvalue weighted by molar-refractivity contribution is 14.0. The number of fused-ring (bicyclic) bond motifs is 1. The molecule has 3 heterocycles. The molecule has 2 aromatic rings. The van der Waals surface area contributed by atoms with E-state index < -0.39 is 0 Å². The Kier molecular flexibility index (Phi) is 8.07. The topological polar surface area (TPSA) is 86.9 Å². The van der Waals surface area contributed by atoms with Crippen molar-refractivity contribution in [1.29, 1.82) is 0 Å². The van der Waals surface area contributed by atoms with E-state index in [4.69, 9.17) is 0 Å². The van der Waals surface area contributed by atoms with Gasteiger partial charge in [-0.05, 0) is 31.9 Å². The summed E-state index contributed by atoms with van der Waals surface area (Å²) >= 11 is 0. The summed E-state index contributed by atoms with van der Waals surface area (Å²) in [7, 11) is 0. The molecule has 3 rings (SSSR count). The maximum atomic E-state index is 12.1. The average molecular weight is 471 g/mol. The lowest BCUT2D eigenvalue weighted by atomic mass is 10.4. The van der Waals surface area contributed by atoms with E-state index in [9.17, 15) is 4.79 Å². The van der Waals surface area contributed by atoms with Gasteiger partial charge in [-0.15, -0.1) is 34.2 Å². The van der Waals surface area contributed by atoms with E-state index in [0.29, 0.717) is 12.5 Å². The number of aliphatic imine (C=N–C) groups is 1. The van der Waals surface area contributed by atoms with Gasteiger partial charge in [-0.3, -0.25) is 9.20 Å². The zero-order valence-electron chi connectivity index (χ0n) is 15.0. The van der Waals surface area contributed by atoms with Crippen LogP contribution in [-0.2, 0) is 11.2 Å². The molecule has 0 unspecified atom stereocenters. The Hall–Kier alpha value is -1.91. The van der Waals surface area contributed by atoms with Crippen LogP contribution in [0, 0.1) is 0 Å². The Morgan fingerprint density at radius 2 is 2.04 bits per heavy atom. The molecule has 2 N–H and O–H groups in total. The summed E-state index contributed by atoms with van der Waals surface area (Å²) in [4.78, 5) is 18.4. The van der Waals surface area contributed by atoms with Crippen molar-refractivity contribution >= 4 is 41.5 Å². The van der Waals surface area contributed by atoms with Crippen molar-refractivity contribution in [1.82, 2.24) is 30.1 Å². The predicted octanol–water partition coefficient (Wildman–Crippen LogP) is 1.07. The fourth-order valence-electron chi connectivity index (χ4n) is 2.91. The molecule has 0 saturated carbocycles. The summed E-state index contributed by atoms with van der Waals surface area (Å²) in [5, 5.41) is 14.8. The third-order valence-electron chi connectivity index (χ3n) is 4.20. The first-order valence-electron chi connectivity index (χ1n) is 8.86. The summed E-state index contributed by atoms with van der Waals surface area (Å²) < 4.78 is 1.97. The van der Waals surface area contributed by atoms with Crippen LogP contribution in [0.2, 0.25) is 0 Å². The molecule has 26 heavy (non-hydrogen) atoms. The van der Waals surface area contributed by atoms with Gasteiger partial charge in [0.1, 0.15) is 12.4 Å². The summed E-state index contributed by atoms with van der Waals surface area (Å²) in [6.45, 7) is 5.32. The summed E-state index contributed by atoms with van der Waals surface area (Å²) in [5.41, 5.74) is 0.842. The SMILES string of the molecule is CCNC(=NCC(=O)N1CCCC1)NCCc1nnc2ccccn12.I. The highest BCUT2D eigenvalue weighted by Crippen LogP contribution is 2.07. The lowest BCUT2D eigenvalue weighted by Gasteiger charge is -2.15. The second-order valence-electron chi connectivity index (χ2n) is 6.00. The van der Waals surface area contributed by atoms with Gasteiger partial charge in [0.15, 0.2) is 11.6 Å². The van der Waals surface area contributed by atoms with Crippen molar-refractivity contribution in [2.75, 3.05) is 32.7 Å². The molecule has 1 aliphatic heterocycles. The lowest BCUT2D eigenvalue weighted by Crippen LogP contribution is -2.39. The Morgan fingerprint density at radius 1 is 1.23 bits per heavy atom. The Bertz CT molecular complexity index is 740. The van der Waals surface area contributed by atoms with Crippen LogP contribution in [0.15, 0.2) is 29.4 Å². The van der Waals surface area contributed by atoms with E-state index in [1.54, 1.807) is 0 Å². The second-order valence-corrected chi connectivity index (χ2v) is 6.00. The van der Waals surface area contributed by atoms with E-state index >= 15 is 0 Å². The second kappa shape index (κ2) is 10.3. The van der Waals surface area contributed by atoms with Crippen LogP contribution in [0.4, 0.5) is 0 Å². The molecule has 2 aromatic heterocycles. The van der Waals surface area contributed by atoms with Crippen LogP contribution in [0.25, 0.3) is 5.65 Å². The Labute approximate surface area is 170 Å². The number of hydrogen-bond acceptors (Lipinski definition) is 4. The maximum Gasteiger partial charge on any atom is 0.244 e. The number of carbonyl (C=O) groups is 1. The van der Waals surface area contributed by atoms with Crippen LogP contribution in [0.3, 0.4) is 0 Å². The molecule has 1 aliphatic rings. The molecule has 9 heteroatoms. The van der Waals surface area contributed by atoms with Gasteiger partial charge in [0.25, 0.3) is 0 Å². The molecule has 0 aromatic carbocycles. The molecular weight excluding hydrogens is 445 g/mol. The molecular formula is C17H26IN7O. The number of likely N-dealkylation sites (tertiary alicyclic amines) is 1. The highest BCUT2D eigenvalue weighted by Gasteiger charge is 2.17. The fourth-order valence-corrected chi connectivity index (χ4v) is 2.91. The third kappa shape index (κ3) is 5.29. The van der Waals surface area contributed by atoms with Crippen molar-refractivity contribution in [3.05, 3.63) is 30.2 Å². The third-order valence-corrected chi connectivity index (χ3v) is 4.20. The van der Waals surface area contributed by atoms with Crippen molar-refractivity contribution in [3.8, 4) is 0 Å². The normalized spacial score (nSPS) is 14.3. The van der Waals surface area contributed by atoms with E-state index in [1.807, 2.05) is 40.6 Å². The average Bonchev–Trinajstić information content (AvgIpc) is 3.30. The number of aromatic nitrogens is 3. The van der Waals surface area contributed by atoms with Crippen LogP contribution in [0.1, 0.15) is 25.6 Å². The minimum Gasteiger partial charge on any atom is -0.357 e. The maximum absolute atomic E-state index is 12.1. The molecule has 0 spiro atoms. The summed E-state index contributed by atoms with van der Waals surface area (Å²) in [6, 6.07) is 5.83. The molecule has 1 fully saturated rings. The van der Waals surface area contributed by atoms with Gasteiger partial charge < -0.3 is 15.5 Å². The Balaban J connectivity index is 0.00000243. The first-order chi connectivity index (χ1) is 12.3. The summed E-state index contributed by atoms with van der Waals surface area (Å²) in [5.74, 6) is 1.65. The van der Waals surface area contributed by atoms with Crippen LogP contribution in [-0.4, -0.2) is 64.1 Å². The van der Waals surface area contributed by atoms with Gasteiger partial charge in [0.2, 0.25) is 5.91 Å². The Morgan fingerprint density at radius 3 is 2.81 bits per heavy atom. The fraction of sp³-hybridized carbons (Fsp3) is 0.529. The molecule has 8 nitrogen and oxygen atoms in total. The van der Waals surface area contributed by atoms with Crippen molar-refractivity contribution < 1.29 is 4.79 Å².